The van der Waals surface area contributed by atoms with E-state index in [0.29, 0.717) is 19.7 Å². The highest BCUT2D eigenvalue weighted by Gasteiger charge is 2.09. The van der Waals surface area contributed by atoms with Gasteiger partial charge in [0.15, 0.2) is 5.96 Å². The standard InChI is InChI=1S/C21H31N5O2S/c1-3-22-21(25-16-20-23-14-17(2)29-20)24-15-18-5-4-6-19(13-18)28-12-9-26-7-10-27-11-8-26/h4-6,13-14H,3,7-12,15-16H2,1-2H3,(H2,22,24,25). The van der Waals surface area contributed by atoms with Crippen molar-refractivity contribution < 1.29 is 9.47 Å². The highest BCUT2D eigenvalue weighted by molar-refractivity contribution is 7.11. The Bertz CT molecular complexity index is 774. The molecular formula is C21H31N5O2S. The first kappa shape index (κ1) is 21.5. The summed E-state index contributed by atoms with van der Waals surface area (Å²) in [5, 5.41) is 7.69. The van der Waals surface area contributed by atoms with Crippen LogP contribution in [0.25, 0.3) is 0 Å². The van der Waals surface area contributed by atoms with Gasteiger partial charge in [-0.05, 0) is 31.5 Å². The van der Waals surface area contributed by atoms with Crippen LogP contribution >= 0.6 is 11.3 Å². The molecule has 1 aromatic carbocycles. The van der Waals surface area contributed by atoms with Gasteiger partial charge in [0.05, 0.1) is 26.3 Å². The van der Waals surface area contributed by atoms with Crippen molar-refractivity contribution in [2.75, 3.05) is 46.0 Å². The summed E-state index contributed by atoms with van der Waals surface area (Å²) in [6.07, 6.45) is 1.90. The van der Waals surface area contributed by atoms with E-state index >= 15 is 0 Å². The molecule has 1 saturated heterocycles. The molecule has 0 aliphatic carbocycles. The van der Waals surface area contributed by atoms with Gasteiger partial charge in [-0.2, -0.15) is 0 Å². The first-order chi connectivity index (χ1) is 14.2. The fraction of sp³-hybridized carbons (Fsp3) is 0.524. The minimum Gasteiger partial charge on any atom is -0.492 e. The van der Waals surface area contributed by atoms with Gasteiger partial charge >= 0.3 is 0 Å². The summed E-state index contributed by atoms with van der Waals surface area (Å²) in [5.74, 6) is 1.68. The van der Waals surface area contributed by atoms with E-state index in [2.05, 4.69) is 46.5 Å². The zero-order valence-corrected chi connectivity index (χ0v) is 18.1. The van der Waals surface area contributed by atoms with Gasteiger partial charge in [0.1, 0.15) is 17.4 Å². The largest absolute Gasteiger partial charge is 0.492 e. The fourth-order valence-electron chi connectivity index (χ4n) is 3.01. The van der Waals surface area contributed by atoms with Gasteiger partial charge in [0.25, 0.3) is 0 Å². The van der Waals surface area contributed by atoms with Gasteiger partial charge in [0.2, 0.25) is 0 Å². The van der Waals surface area contributed by atoms with Crippen LogP contribution in [0.5, 0.6) is 5.75 Å². The highest BCUT2D eigenvalue weighted by Crippen LogP contribution is 2.14. The zero-order valence-electron chi connectivity index (χ0n) is 17.3. The average molecular weight is 418 g/mol. The van der Waals surface area contributed by atoms with Crippen LogP contribution < -0.4 is 15.4 Å². The number of benzene rings is 1. The topological polar surface area (TPSA) is 71.0 Å². The van der Waals surface area contributed by atoms with Crippen LogP contribution in [0, 0.1) is 6.92 Å². The normalized spacial score (nSPS) is 15.3. The zero-order chi connectivity index (χ0) is 20.3. The summed E-state index contributed by atoms with van der Waals surface area (Å²) >= 11 is 1.70. The molecule has 0 saturated carbocycles. The number of aryl methyl sites for hydroxylation is 1. The second-order valence-corrected chi connectivity index (χ2v) is 8.18. The number of thiazole rings is 1. The number of hydrogen-bond donors (Lipinski definition) is 2. The lowest BCUT2D eigenvalue weighted by Crippen LogP contribution is -2.38. The molecule has 0 spiro atoms. The molecule has 7 nitrogen and oxygen atoms in total. The Morgan fingerprint density at radius 2 is 2.17 bits per heavy atom. The maximum atomic E-state index is 5.94. The lowest BCUT2D eigenvalue weighted by molar-refractivity contribution is 0.0322. The maximum absolute atomic E-state index is 5.94. The Morgan fingerprint density at radius 3 is 2.93 bits per heavy atom. The van der Waals surface area contributed by atoms with Crippen molar-refractivity contribution in [1.82, 2.24) is 20.5 Å². The van der Waals surface area contributed by atoms with Gasteiger partial charge in [-0.15, -0.1) is 11.3 Å². The molecule has 0 bridgehead atoms. The minimum absolute atomic E-state index is 0.590. The third-order valence-electron chi connectivity index (χ3n) is 4.52. The first-order valence-corrected chi connectivity index (χ1v) is 11.0. The van der Waals surface area contributed by atoms with E-state index in [1.54, 1.807) is 11.3 Å². The summed E-state index contributed by atoms with van der Waals surface area (Å²) < 4.78 is 11.3. The minimum atomic E-state index is 0.590. The Kier molecular flexibility index (Phi) is 8.73. The monoisotopic (exact) mass is 417 g/mol. The molecule has 3 rings (SSSR count). The molecule has 1 aliphatic rings. The highest BCUT2D eigenvalue weighted by atomic mass is 32.1. The lowest BCUT2D eigenvalue weighted by Gasteiger charge is -2.26. The van der Waals surface area contributed by atoms with E-state index in [-0.39, 0.29) is 0 Å². The number of ether oxygens (including phenoxy) is 2. The van der Waals surface area contributed by atoms with Crippen molar-refractivity contribution in [1.29, 1.82) is 0 Å². The molecule has 0 unspecified atom stereocenters. The van der Waals surface area contributed by atoms with Crippen molar-refractivity contribution >= 4 is 17.3 Å². The van der Waals surface area contributed by atoms with Crippen LogP contribution in [-0.2, 0) is 17.8 Å². The number of morpholine rings is 1. The van der Waals surface area contributed by atoms with Crippen molar-refractivity contribution in [3.63, 3.8) is 0 Å². The van der Waals surface area contributed by atoms with E-state index in [4.69, 9.17) is 14.5 Å². The molecule has 29 heavy (non-hydrogen) atoms. The number of guanidine groups is 1. The van der Waals surface area contributed by atoms with Gasteiger partial charge in [-0.1, -0.05) is 12.1 Å². The molecule has 0 radical (unpaired) electrons. The predicted octanol–water partition coefficient (Wildman–Crippen LogP) is 2.42. The van der Waals surface area contributed by atoms with Crippen LogP contribution in [0.2, 0.25) is 0 Å². The van der Waals surface area contributed by atoms with Crippen LogP contribution in [0.1, 0.15) is 22.4 Å². The summed E-state index contributed by atoms with van der Waals surface area (Å²) in [7, 11) is 0. The quantitative estimate of drug-likeness (QED) is 0.482. The molecule has 158 valence electrons. The average Bonchev–Trinajstić information content (AvgIpc) is 3.16. The Morgan fingerprint density at radius 1 is 1.31 bits per heavy atom. The second kappa shape index (κ2) is 11.7. The molecule has 2 heterocycles. The van der Waals surface area contributed by atoms with E-state index in [9.17, 15) is 0 Å². The van der Waals surface area contributed by atoms with Crippen molar-refractivity contribution in [3.05, 3.63) is 45.9 Å². The second-order valence-electron chi connectivity index (χ2n) is 6.86. The Balaban J connectivity index is 1.48. The van der Waals surface area contributed by atoms with Crippen LogP contribution in [0.3, 0.4) is 0 Å². The van der Waals surface area contributed by atoms with Crippen LogP contribution in [0.4, 0.5) is 0 Å². The third-order valence-corrected chi connectivity index (χ3v) is 5.43. The van der Waals surface area contributed by atoms with Crippen LogP contribution in [-0.4, -0.2) is 61.8 Å². The number of aromatic nitrogens is 1. The summed E-state index contributed by atoms with van der Waals surface area (Å²) in [5.41, 5.74) is 1.12. The van der Waals surface area contributed by atoms with Crippen molar-refractivity contribution in [3.8, 4) is 5.75 Å². The lowest BCUT2D eigenvalue weighted by atomic mass is 10.2. The SMILES string of the molecule is CCNC(=NCc1cccc(OCCN2CCOCC2)c1)NCc1ncc(C)s1. The van der Waals surface area contributed by atoms with Crippen LogP contribution in [0.15, 0.2) is 35.5 Å². The number of aliphatic imine (C=N–C) groups is 1. The van der Waals surface area contributed by atoms with E-state index in [1.165, 1.54) is 4.88 Å². The number of nitrogens with one attached hydrogen (secondary N) is 2. The van der Waals surface area contributed by atoms with Gasteiger partial charge in [-0.25, -0.2) is 9.98 Å². The first-order valence-electron chi connectivity index (χ1n) is 10.2. The molecule has 2 N–H and O–H groups in total. The van der Waals surface area contributed by atoms with E-state index in [1.807, 2.05) is 18.3 Å². The van der Waals surface area contributed by atoms with Gasteiger partial charge in [0, 0.05) is 37.3 Å². The van der Waals surface area contributed by atoms with Gasteiger partial charge < -0.3 is 20.1 Å². The molecule has 1 aliphatic heterocycles. The number of hydrogen-bond acceptors (Lipinski definition) is 6. The van der Waals surface area contributed by atoms with E-state index < -0.39 is 0 Å². The Hall–Kier alpha value is -2.16. The molecule has 2 aromatic rings. The van der Waals surface area contributed by atoms with Crippen molar-refractivity contribution in [2.45, 2.75) is 26.9 Å². The Labute approximate surface area is 177 Å². The fourth-order valence-corrected chi connectivity index (χ4v) is 3.73. The summed E-state index contributed by atoms with van der Waals surface area (Å²) in [6, 6.07) is 8.16. The molecule has 0 atom stereocenters. The smallest absolute Gasteiger partial charge is 0.191 e. The van der Waals surface area contributed by atoms with Crippen molar-refractivity contribution in [2.24, 2.45) is 4.99 Å². The summed E-state index contributed by atoms with van der Waals surface area (Å²) in [4.78, 5) is 12.7. The molecule has 8 heteroatoms. The number of nitrogens with zero attached hydrogens (tertiary/aromatic N) is 3. The predicted molar refractivity (Wildman–Crippen MR) is 118 cm³/mol. The number of rotatable bonds is 9. The maximum Gasteiger partial charge on any atom is 0.191 e. The van der Waals surface area contributed by atoms with Gasteiger partial charge in [-0.3, -0.25) is 4.90 Å². The molecule has 1 fully saturated rings. The molecular weight excluding hydrogens is 386 g/mol. The summed E-state index contributed by atoms with van der Waals surface area (Å²) in [6.45, 7) is 11.4. The third kappa shape index (κ3) is 7.64. The molecule has 0 amide bonds. The van der Waals surface area contributed by atoms with E-state index in [0.717, 1.165) is 61.7 Å². The molecule has 1 aromatic heterocycles.